The molecule has 71 heavy (non-hydrogen) atoms. The van der Waals surface area contributed by atoms with Crippen molar-refractivity contribution in [2.75, 3.05) is 65.4 Å². The summed E-state index contributed by atoms with van der Waals surface area (Å²) in [6.45, 7) is 8.84. The number of aldehydes is 1. The average molecular weight is 1010 g/mol. The predicted octanol–water partition coefficient (Wildman–Crippen LogP) is -4.96. The third kappa shape index (κ3) is 39.9. The maximum Gasteiger partial charge on any atom is 0.322 e. The molecule has 400 valence electrons. The molecule has 12 N–H and O–H groups in total. The van der Waals surface area contributed by atoms with Crippen LogP contribution in [-0.4, -0.2) is 177 Å². The molecule has 1 saturated heterocycles. The van der Waals surface area contributed by atoms with Gasteiger partial charge >= 0.3 is 5.97 Å². The van der Waals surface area contributed by atoms with Gasteiger partial charge in [0.05, 0.1) is 52.4 Å². The molecule has 0 aromatic rings. The second-order valence-electron chi connectivity index (χ2n) is 14.5. The smallest absolute Gasteiger partial charge is 0.322 e. The topological polar surface area (TPSA) is 412 Å². The van der Waals surface area contributed by atoms with E-state index in [1.807, 2.05) is 40.7 Å². The SMILES string of the molecule is CC.CC/C=C(\CCC(NC=O)C(=O)NCC(=O)NCC(=O)NCC(C)=O)NC(C)CCC(=O)NCC(=O)NCC(=O)NCC=O.CCCN1C(=O)CCC1=O.O=CNCC(=O)NCC(=O)NCC(=O)O. The molecule has 1 heterocycles. The number of allylic oxidation sites excluding steroid dienone is 2. The van der Waals surface area contributed by atoms with Crippen LogP contribution >= 0.6 is 0 Å². The summed E-state index contributed by atoms with van der Waals surface area (Å²) in [6, 6.07) is -1.10. The Bertz CT molecular complexity index is 1800. The van der Waals surface area contributed by atoms with E-state index in [1.165, 1.54) is 11.8 Å². The number of carboxylic acids is 1. The molecule has 12 amide bonds. The van der Waals surface area contributed by atoms with Gasteiger partial charge in [0.25, 0.3) is 0 Å². The lowest BCUT2D eigenvalue weighted by Gasteiger charge is -2.21. The Kier molecular flexibility index (Phi) is 41.3. The van der Waals surface area contributed by atoms with E-state index in [0.29, 0.717) is 57.8 Å². The van der Waals surface area contributed by atoms with Crippen LogP contribution in [0.4, 0.5) is 0 Å². The van der Waals surface area contributed by atoms with Crippen molar-refractivity contribution in [3.8, 4) is 0 Å². The lowest BCUT2D eigenvalue weighted by Crippen LogP contribution is -2.48. The Morgan fingerprint density at radius 1 is 0.606 bits per heavy atom. The first kappa shape index (κ1) is 67.5. The van der Waals surface area contributed by atoms with Crippen LogP contribution in [0.1, 0.15) is 92.9 Å². The van der Waals surface area contributed by atoms with Crippen molar-refractivity contribution >= 4 is 89.9 Å². The number of carbonyl (C=O) groups is 15. The molecular formula is C43H72N12O16. The fourth-order valence-corrected chi connectivity index (χ4v) is 5.14. The molecule has 1 aliphatic heterocycles. The Morgan fingerprint density at radius 2 is 1.07 bits per heavy atom. The van der Waals surface area contributed by atoms with Crippen molar-refractivity contribution in [3.05, 3.63) is 11.8 Å². The number of ketones is 1. The molecule has 0 saturated carbocycles. The quantitative estimate of drug-likeness (QED) is 0.0216. The molecule has 1 fully saturated rings. The van der Waals surface area contributed by atoms with Gasteiger partial charge in [-0.25, -0.2) is 0 Å². The van der Waals surface area contributed by atoms with Crippen LogP contribution in [0.2, 0.25) is 0 Å². The fraction of sp³-hybridized carbons (Fsp3) is 0.605. The summed E-state index contributed by atoms with van der Waals surface area (Å²) in [5, 5.41) is 34.3. The zero-order valence-corrected chi connectivity index (χ0v) is 41.2. The number of Topliss-reactive ketones (excluding diaryl/α,β-unsaturated/α-hetero) is 1. The van der Waals surface area contributed by atoms with Gasteiger partial charge in [0.15, 0.2) is 0 Å². The van der Waals surface area contributed by atoms with Gasteiger partial charge in [0, 0.05) is 37.5 Å². The summed E-state index contributed by atoms with van der Waals surface area (Å²) >= 11 is 0. The maximum absolute atomic E-state index is 12.6. The molecule has 0 aliphatic carbocycles. The minimum atomic E-state index is -1.17. The zero-order valence-electron chi connectivity index (χ0n) is 41.2. The van der Waals surface area contributed by atoms with Crippen LogP contribution in [0.25, 0.3) is 0 Å². The van der Waals surface area contributed by atoms with Gasteiger partial charge in [-0.2, -0.15) is 0 Å². The zero-order chi connectivity index (χ0) is 54.6. The molecule has 0 aromatic heterocycles. The average Bonchev–Trinajstić information content (AvgIpc) is 3.66. The first-order valence-corrected chi connectivity index (χ1v) is 22.7. The number of nitrogens with zero attached hydrogens (tertiary/aromatic N) is 1. The van der Waals surface area contributed by atoms with Gasteiger partial charge in [-0.1, -0.05) is 33.8 Å². The Labute approximate surface area is 411 Å². The highest BCUT2D eigenvalue weighted by Crippen LogP contribution is 2.11. The van der Waals surface area contributed by atoms with Gasteiger partial charge < -0.3 is 68.4 Å². The highest BCUT2D eigenvalue weighted by Gasteiger charge is 2.27. The van der Waals surface area contributed by atoms with Gasteiger partial charge in [-0.05, 0) is 46.0 Å². The third-order valence-corrected chi connectivity index (χ3v) is 8.48. The van der Waals surface area contributed by atoms with Crippen molar-refractivity contribution < 1.29 is 77.0 Å². The molecule has 28 nitrogen and oxygen atoms in total. The van der Waals surface area contributed by atoms with E-state index in [4.69, 9.17) is 5.11 Å². The van der Waals surface area contributed by atoms with E-state index in [1.54, 1.807) is 0 Å². The highest BCUT2D eigenvalue weighted by molar-refractivity contribution is 6.02. The molecule has 0 aromatic carbocycles. The largest absolute Gasteiger partial charge is 0.480 e. The maximum atomic E-state index is 12.6. The Balaban J connectivity index is -0.00000137. The number of nitrogens with one attached hydrogen (secondary N) is 11. The summed E-state index contributed by atoms with van der Waals surface area (Å²) in [7, 11) is 0. The predicted molar refractivity (Wildman–Crippen MR) is 253 cm³/mol. The van der Waals surface area contributed by atoms with E-state index < -0.39 is 66.5 Å². The molecule has 0 bridgehead atoms. The lowest BCUT2D eigenvalue weighted by molar-refractivity contribution is -0.139. The number of carbonyl (C=O) groups excluding carboxylic acids is 14. The number of hydrogen-bond acceptors (Lipinski definition) is 16. The fourth-order valence-electron chi connectivity index (χ4n) is 5.14. The van der Waals surface area contributed by atoms with Crippen molar-refractivity contribution in [1.82, 2.24) is 63.4 Å². The summed E-state index contributed by atoms with van der Waals surface area (Å²) in [5.41, 5.74) is 0.785. The molecular weight excluding hydrogens is 941 g/mol. The number of likely N-dealkylation sites (tertiary alicyclic amines) is 1. The highest BCUT2D eigenvalue weighted by atomic mass is 16.4. The molecule has 2 atom stereocenters. The first-order valence-electron chi connectivity index (χ1n) is 22.7. The minimum Gasteiger partial charge on any atom is -0.480 e. The second kappa shape index (κ2) is 43.5. The minimum absolute atomic E-state index is 0.00755. The molecule has 1 rings (SSSR count). The number of hydrogen-bond donors (Lipinski definition) is 12. The molecule has 0 radical (unpaired) electrons. The van der Waals surface area contributed by atoms with Crippen LogP contribution in [0.5, 0.6) is 0 Å². The molecule has 0 spiro atoms. The normalized spacial score (nSPS) is 12.0. The summed E-state index contributed by atoms with van der Waals surface area (Å²) in [4.78, 5) is 168. The van der Waals surface area contributed by atoms with Crippen LogP contribution in [0.3, 0.4) is 0 Å². The Hall–Kier alpha value is -7.81. The summed E-state index contributed by atoms with van der Waals surface area (Å²) in [6.07, 6.45) is 6.61. The second-order valence-corrected chi connectivity index (χ2v) is 14.5. The van der Waals surface area contributed by atoms with E-state index in [2.05, 4.69) is 58.5 Å². The third-order valence-electron chi connectivity index (χ3n) is 8.48. The Morgan fingerprint density at radius 3 is 1.52 bits per heavy atom. The van der Waals surface area contributed by atoms with Crippen molar-refractivity contribution in [2.24, 2.45) is 0 Å². The van der Waals surface area contributed by atoms with Crippen LogP contribution in [0.15, 0.2) is 11.8 Å². The van der Waals surface area contributed by atoms with Gasteiger partial charge in [0.2, 0.25) is 71.9 Å². The number of aliphatic carboxylic acids is 1. The van der Waals surface area contributed by atoms with E-state index in [0.717, 1.165) is 12.1 Å². The van der Waals surface area contributed by atoms with Crippen molar-refractivity contribution in [3.63, 3.8) is 0 Å². The number of rotatable bonds is 33. The van der Waals surface area contributed by atoms with Gasteiger partial charge in [-0.15, -0.1) is 0 Å². The monoisotopic (exact) mass is 1010 g/mol. The van der Waals surface area contributed by atoms with E-state index >= 15 is 0 Å². The molecule has 28 heteroatoms. The van der Waals surface area contributed by atoms with Crippen molar-refractivity contribution in [2.45, 2.75) is 105 Å². The summed E-state index contributed by atoms with van der Waals surface area (Å²) in [5.74, 6) is -5.82. The summed E-state index contributed by atoms with van der Waals surface area (Å²) < 4.78 is 0. The van der Waals surface area contributed by atoms with Gasteiger partial charge in [-0.3, -0.25) is 72.0 Å². The van der Waals surface area contributed by atoms with E-state index in [-0.39, 0.29) is 88.2 Å². The van der Waals surface area contributed by atoms with Crippen LogP contribution < -0.4 is 58.5 Å². The first-order chi connectivity index (χ1) is 33.7. The van der Waals surface area contributed by atoms with Crippen LogP contribution in [0, 0.1) is 0 Å². The van der Waals surface area contributed by atoms with Crippen LogP contribution in [-0.2, 0) is 71.9 Å². The number of imide groups is 1. The van der Waals surface area contributed by atoms with E-state index in [9.17, 15) is 71.9 Å². The number of carboxylic acid groups (broad SMARTS) is 1. The standard InChI is InChI=1S/C27H44N8O9.C7H11N3O5.C7H11NO2.C2H6/c1-4-5-20(35-18(2)6-9-22(39)30-14-25(42)31-13-23(40)28-10-11-36)7-8-21(34-17-37)27(44)33-16-26(43)32-15-24(41)29-12-19(3)38;11-4-8-1-5(12)9-2-6(13)10-3-7(14)15;1-2-5-8-6(9)3-4-7(8)10;1-2/h5,11,17-18,21,35H,4,6-10,12-16H2,1-3H3,(H,28,40)(H,29,41)(H,30,39)(H,31,42)(H,32,43)(H,33,44)(H,34,37);4H,1-3H2,(H,8,11)(H,9,12)(H,10,13)(H,14,15);2-5H2,1H3;1-2H3/b20-5+;;;. The van der Waals surface area contributed by atoms with Gasteiger partial charge in [0.1, 0.15) is 24.7 Å². The molecule has 2 unspecified atom stereocenters. The van der Waals surface area contributed by atoms with Crippen molar-refractivity contribution in [1.29, 1.82) is 0 Å². The molecule has 1 aliphatic rings. The lowest BCUT2D eigenvalue weighted by atomic mass is 10.1. The number of amides is 12.